The van der Waals surface area contributed by atoms with E-state index in [4.69, 9.17) is 9.26 Å². The normalized spacial score (nSPS) is 18.5. The maximum atomic E-state index is 12.4. The summed E-state index contributed by atoms with van der Waals surface area (Å²) in [5, 5.41) is 14.1. The van der Waals surface area contributed by atoms with E-state index in [9.17, 15) is 9.59 Å². The number of aromatic nitrogens is 3. The Bertz CT molecular complexity index is 919. The maximum Gasteiger partial charge on any atom is 0.407 e. The van der Waals surface area contributed by atoms with Gasteiger partial charge in [0.2, 0.25) is 5.91 Å². The minimum Gasteiger partial charge on any atom is -0.449 e. The number of nitrogens with zero attached hydrogens (tertiary/aromatic N) is 3. The lowest BCUT2D eigenvalue weighted by Crippen LogP contribution is -2.35. The Morgan fingerprint density at radius 2 is 2.00 bits per heavy atom. The summed E-state index contributed by atoms with van der Waals surface area (Å²) in [6.45, 7) is 12.3. The summed E-state index contributed by atoms with van der Waals surface area (Å²) in [4.78, 5) is 24.1. The average molecular weight is 432 g/mol. The molecule has 170 valence electrons. The van der Waals surface area contributed by atoms with Crippen LogP contribution in [-0.2, 0) is 21.5 Å². The van der Waals surface area contributed by atoms with Crippen molar-refractivity contribution in [3.8, 4) is 0 Å². The van der Waals surface area contributed by atoms with E-state index in [1.54, 1.807) is 6.07 Å². The highest BCUT2D eigenvalue weighted by Gasteiger charge is 2.36. The van der Waals surface area contributed by atoms with Gasteiger partial charge in [0.1, 0.15) is 5.76 Å². The maximum absolute atomic E-state index is 12.4. The van der Waals surface area contributed by atoms with Crippen molar-refractivity contribution in [1.29, 1.82) is 0 Å². The Kier molecular flexibility index (Phi) is 6.71. The highest BCUT2D eigenvalue weighted by molar-refractivity contribution is 5.91. The zero-order valence-corrected chi connectivity index (χ0v) is 19.2. The third kappa shape index (κ3) is 6.08. The molecule has 0 radical (unpaired) electrons. The summed E-state index contributed by atoms with van der Waals surface area (Å²) in [5.74, 6) is 1.50. The molecule has 9 nitrogen and oxygen atoms in total. The molecule has 0 aliphatic heterocycles. The molecule has 2 N–H and O–H groups in total. The number of carbonyl (C=O) groups is 2. The summed E-state index contributed by atoms with van der Waals surface area (Å²) in [5.41, 5.74) is 1.60. The van der Waals surface area contributed by atoms with Crippen molar-refractivity contribution in [3.05, 3.63) is 29.3 Å². The molecule has 0 spiro atoms. The lowest BCUT2D eigenvalue weighted by molar-refractivity contribution is -0.115. The standard InChI is InChI=1S/C22H33N5O4/c1-13(2)23-21(29)30-12-15-8-16(9-15)18-11-19(25-27(18)22(4,5)6)24-20(28)10-17-7-14(3)26-31-17/h7,11,13,15-16H,8-10,12H2,1-6H3,(H,23,29)(H,24,25,28). The molecule has 0 aromatic carbocycles. The van der Waals surface area contributed by atoms with Crippen LogP contribution in [0.25, 0.3) is 0 Å². The van der Waals surface area contributed by atoms with Crippen molar-refractivity contribution in [1.82, 2.24) is 20.3 Å². The number of alkyl carbamates (subject to hydrolysis) is 1. The first-order chi connectivity index (χ1) is 14.5. The van der Waals surface area contributed by atoms with Gasteiger partial charge in [-0.3, -0.25) is 9.48 Å². The number of carbonyl (C=O) groups excluding carboxylic acids is 2. The highest BCUT2D eigenvalue weighted by atomic mass is 16.5. The van der Waals surface area contributed by atoms with Gasteiger partial charge in [-0.15, -0.1) is 0 Å². The monoisotopic (exact) mass is 431 g/mol. The van der Waals surface area contributed by atoms with Crippen molar-refractivity contribution in [2.45, 2.75) is 78.3 Å². The van der Waals surface area contributed by atoms with Gasteiger partial charge in [-0.05, 0) is 60.3 Å². The molecule has 2 aromatic heterocycles. The number of hydrogen-bond donors (Lipinski definition) is 2. The van der Waals surface area contributed by atoms with Crippen LogP contribution in [0.2, 0.25) is 0 Å². The number of anilines is 1. The molecular weight excluding hydrogens is 398 g/mol. The largest absolute Gasteiger partial charge is 0.449 e. The third-order valence-electron chi connectivity index (χ3n) is 5.16. The Morgan fingerprint density at radius 1 is 1.29 bits per heavy atom. The van der Waals surface area contributed by atoms with Crippen LogP contribution in [0, 0.1) is 12.8 Å². The third-order valence-corrected chi connectivity index (χ3v) is 5.16. The van der Waals surface area contributed by atoms with Gasteiger partial charge in [-0.25, -0.2) is 4.79 Å². The van der Waals surface area contributed by atoms with Crippen LogP contribution in [-0.4, -0.2) is 39.6 Å². The molecule has 1 aliphatic carbocycles. The van der Waals surface area contributed by atoms with Gasteiger partial charge in [0.15, 0.2) is 5.82 Å². The molecule has 0 bridgehead atoms. The minimum absolute atomic E-state index is 0.0597. The topological polar surface area (TPSA) is 111 Å². The molecule has 2 aromatic rings. The van der Waals surface area contributed by atoms with Gasteiger partial charge in [0, 0.05) is 29.8 Å². The van der Waals surface area contributed by atoms with Gasteiger partial charge in [0.05, 0.1) is 24.3 Å². The van der Waals surface area contributed by atoms with Gasteiger partial charge < -0.3 is 19.9 Å². The van der Waals surface area contributed by atoms with E-state index in [1.165, 1.54) is 0 Å². The van der Waals surface area contributed by atoms with Crippen LogP contribution >= 0.6 is 0 Å². The summed E-state index contributed by atoms with van der Waals surface area (Å²) in [6, 6.07) is 3.75. The van der Waals surface area contributed by atoms with Crippen LogP contribution in [0.1, 0.15) is 70.5 Å². The molecule has 2 heterocycles. The fraction of sp³-hybridized carbons (Fsp3) is 0.636. The number of nitrogens with one attached hydrogen (secondary N) is 2. The summed E-state index contributed by atoms with van der Waals surface area (Å²) >= 11 is 0. The van der Waals surface area contributed by atoms with Crippen molar-refractivity contribution in [3.63, 3.8) is 0 Å². The second-order valence-corrected chi connectivity index (χ2v) is 9.63. The molecule has 1 fully saturated rings. The smallest absolute Gasteiger partial charge is 0.407 e. The molecule has 31 heavy (non-hydrogen) atoms. The first-order valence-corrected chi connectivity index (χ1v) is 10.8. The molecule has 1 saturated carbocycles. The SMILES string of the molecule is Cc1cc(CC(=O)Nc2cc(C3CC(COC(=O)NC(C)C)C3)n(C(C)(C)C)n2)on1. The van der Waals surface area contributed by atoms with E-state index in [-0.39, 0.29) is 30.0 Å². The van der Waals surface area contributed by atoms with Crippen LogP contribution < -0.4 is 10.6 Å². The number of hydrogen-bond acceptors (Lipinski definition) is 6. The fourth-order valence-corrected chi connectivity index (χ4v) is 3.71. The molecule has 3 rings (SSSR count). The quantitative estimate of drug-likeness (QED) is 0.691. The lowest BCUT2D eigenvalue weighted by atomic mass is 9.73. The Labute approximate surface area is 182 Å². The van der Waals surface area contributed by atoms with Crippen molar-refractivity contribution in [2.24, 2.45) is 5.92 Å². The van der Waals surface area contributed by atoms with Crippen LogP contribution in [0.3, 0.4) is 0 Å². The molecule has 0 atom stereocenters. The van der Waals surface area contributed by atoms with Crippen LogP contribution in [0.4, 0.5) is 10.6 Å². The predicted octanol–water partition coefficient (Wildman–Crippen LogP) is 3.74. The van der Waals surface area contributed by atoms with Crippen molar-refractivity contribution >= 4 is 17.8 Å². The number of ether oxygens (including phenoxy) is 1. The van der Waals surface area contributed by atoms with E-state index in [2.05, 4.69) is 41.7 Å². The number of aryl methyl sites for hydroxylation is 1. The Morgan fingerprint density at radius 3 is 2.58 bits per heavy atom. The first-order valence-electron chi connectivity index (χ1n) is 10.8. The number of amides is 2. The van der Waals surface area contributed by atoms with Gasteiger partial charge in [0.25, 0.3) is 0 Å². The minimum atomic E-state index is -0.370. The van der Waals surface area contributed by atoms with E-state index < -0.39 is 0 Å². The van der Waals surface area contributed by atoms with Gasteiger partial charge >= 0.3 is 6.09 Å². The molecule has 9 heteroatoms. The molecule has 0 saturated heterocycles. The lowest BCUT2D eigenvalue weighted by Gasteiger charge is -2.37. The fourth-order valence-electron chi connectivity index (χ4n) is 3.71. The zero-order chi connectivity index (χ0) is 22.8. The van der Waals surface area contributed by atoms with E-state index in [1.807, 2.05) is 31.5 Å². The van der Waals surface area contributed by atoms with E-state index in [0.29, 0.717) is 30.0 Å². The summed E-state index contributed by atoms with van der Waals surface area (Å²) in [7, 11) is 0. The van der Waals surface area contributed by atoms with Crippen molar-refractivity contribution in [2.75, 3.05) is 11.9 Å². The number of rotatable bonds is 7. The average Bonchev–Trinajstić information content (AvgIpc) is 3.18. The Hall–Kier alpha value is -2.84. The zero-order valence-electron chi connectivity index (χ0n) is 19.2. The summed E-state index contributed by atoms with van der Waals surface area (Å²) in [6.07, 6.45) is 1.58. The second-order valence-electron chi connectivity index (χ2n) is 9.63. The van der Waals surface area contributed by atoms with Crippen LogP contribution in [0.5, 0.6) is 0 Å². The van der Waals surface area contributed by atoms with Crippen molar-refractivity contribution < 1.29 is 18.8 Å². The van der Waals surface area contributed by atoms with E-state index >= 15 is 0 Å². The van der Waals surface area contributed by atoms with Gasteiger partial charge in [-0.1, -0.05) is 5.16 Å². The highest BCUT2D eigenvalue weighted by Crippen LogP contribution is 2.43. The van der Waals surface area contributed by atoms with Crippen LogP contribution in [0.15, 0.2) is 16.7 Å². The molecular formula is C22H33N5O4. The predicted molar refractivity (Wildman–Crippen MR) is 116 cm³/mol. The molecule has 2 amide bonds. The van der Waals surface area contributed by atoms with E-state index in [0.717, 1.165) is 24.2 Å². The van der Waals surface area contributed by atoms with Gasteiger partial charge in [-0.2, -0.15) is 5.10 Å². The Balaban J connectivity index is 1.60. The molecule has 0 unspecified atom stereocenters. The first kappa shape index (κ1) is 22.8. The summed E-state index contributed by atoms with van der Waals surface area (Å²) < 4.78 is 12.4. The molecule has 1 aliphatic rings. The second kappa shape index (κ2) is 9.11.